The van der Waals surface area contributed by atoms with Gasteiger partial charge in [-0.15, -0.1) is 11.3 Å². The van der Waals surface area contributed by atoms with E-state index in [0.29, 0.717) is 10.0 Å². The van der Waals surface area contributed by atoms with Crippen LogP contribution in [0.25, 0.3) is 0 Å². The molecular formula is C13H17N3O2S2. The van der Waals surface area contributed by atoms with Gasteiger partial charge in [0.1, 0.15) is 6.04 Å². The minimum Gasteiger partial charge on any atom is -0.339 e. The topological polar surface area (TPSA) is 70.6 Å². The molecule has 108 valence electrons. The van der Waals surface area contributed by atoms with E-state index in [0.717, 1.165) is 12.3 Å². The molecule has 0 spiro atoms. The number of amidine groups is 1. The van der Waals surface area contributed by atoms with E-state index in [9.17, 15) is 9.59 Å². The third-order valence-electron chi connectivity index (χ3n) is 2.80. The minimum atomic E-state index is -0.562. The number of nitrogens with one attached hydrogen (secondary N) is 2. The predicted octanol–water partition coefficient (Wildman–Crippen LogP) is 1.72. The van der Waals surface area contributed by atoms with Crippen LogP contribution >= 0.6 is 23.1 Å². The molecule has 2 amide bonds. The highest BCUT2D eigenvalue weighted by molar-refractivity contribution is 8.14. The van der Waals surface area contributed by atoms with Gasteiger partial charge in [-0.2, -0.15) is 0 Å². The number of aliphatic imine (C=N–C) groups is 1. The van der Waals surface area contributed by atoms with Gasteiger partial charge >= 0.3 is 0 Å². The molecule has 1 aliphatic rings. The molecule has 1 aromatic rings. The van der Waals surface area contributed by atoms with E-state index in [-0.39, 0.29) is 17.7 Å². The lowest BCUT2D eigenvalue weighted by Crippen LogP contribution is -2.50. The molecule has 0 fully saturated rings. The molecule has 2 N–H and O–H groups in total. The van der Waals surface area contributed by atoms with Gasteiger partial charge in [0.2, 0.25) is 5.91 Å². The van der Waals surface area contributed by atoms with Gasteiger partial charge in [0, 0.05) is 5.75 Å². The van der Waals surface area contributed by atoms with Crippen molar-refractivity contribution in [2.45, 2.75) is 19.9 Å². The van der Waals surface area contributed by atoms with Crippen molar-refractivity contribution in [3.8, 4) is 0 Å². The first-order valence-corrected chi connectivity index (χ1v) is 8.27. The third kappa shape index (κ3) is 3.83. The summed E-state index contributed by atoms with van der Waals surface area (Å²) in [4.78, 5) is 29.1. The number of rotatable bonds is 4. The summed E-state index contributed by atoms with van der Waals surface area (Å²) >= 11 is 2.88. The monoisotopic (exact) mass is 311 g/mol. The standard InChI is InChI=1S/C13H17N3O2S2/c1-8(2)10(12(18)16-13-14-5-7-20-13)15-11(17)9-4-3-6-19-9/h3-4,6,8,10H,5,7H2,1-2H3,(H,15,17)(H,14,16,18)/t10-/m1/s1. The number of thioether (sulfide) groups is 1. The van der Waals surface area contributed by atoms with Gasteiger partial charge in [-0.3, -0.25) is 14.6 Å². The fourth-order valence-corrected chi connectivity index (χ4v) is 3.11. The third-order valence-corrected chi connectivity index (χ3v) is 4.56. The van der Waals surface area contributed by atoms with Crippen LogP contribution in [0.2, 0.25) is 0 Å². The Kier molecular flexibility index (Phi) is 5.19. The number of carbonyl (C=O) groups is 2. The number of thiophene rings is 1. The van der Waals surface area contributed by atoms with Gasteiger partial charge < -0.3 is 10.6 Å². The lowest BCUT2D eigenvalue weighted by molar-refractivity contribution is -0.122. The highest BCUT2D eigenvalue weighted by Crippen LogP contribution is 2.12. The van der Waals surface area contributed by atoms with Crippen molar-refractivity contribution in [1.82, 2.24) is 10.6 Å². The van der Waals surface area contributed by atoms with Crippen LogP contribution in [0.1, 0.15) is 23.5 Å². The summed E-state index contributed by atoms with van der Waals surface area (Å²) in [6.07, 6.45) is 0. The molecular weight excluding hydrogens is 294 g/mol. The summed E-state index contributed by atoms with van der Waals surface area (Å²) in [7, 11) is 0. The van der Waals surface area contributed by atoms with Gasteiger partial charge in [-0.25, -0.2) is 0 Å². The van der Waals surface area contributed by atoms with Crippen LogP contribution < -0.4 is 10.6 Å². The maximum absolute atomic E-state index is 12.2. The van der Waals surface area contributed by atoms with E-state index >= 15 is 0 Å². The fraction of sp³-hybridized carbons (Fsp3) is 0.462. The summed E-state index contributed by atoms with van der Waals surface area (Å²) in [6.45, 7) is 4.54. The van der Waals surface area contributed by atoms with Gasteiger partial charge in [-0.1, -0.05) is 31.7 Å². The van der Waals surface area contributed by atoms with Crippen LogP contribution in [-0.4, -0.2) is 35.3 Å². The van der Waals surface area contributed by atoms with Crippen LogP contribution in [0.5, 0.6) is 0 Å². The van der Waals surface area contributed by atoms with Crippen molar-refractivity contribution in [1.29, 1.82) is 0 Å². The molecule has 0 radical (unpaired) electrons. The lowest BCUT2D eigenvalue weighted by atomic mass is 10.0. The van der Waals surface area contributed by atoms with E-state index < -0.39 is 6.04 Å². The van der Waals surface area contributed by atoms with Crippen LogP contribution in [0.4, 0.5) is 0 Å². The van der Waals surface area contributed by atoms with Gasteiger partial charge in [-0.05, 0) is 17.4 Å². The quantitative estimate of drug-likeness (QED) is 0.889. The average molecular weight is 311 g/mol. The Bertz CT molecular complexity index is 512. The zero-order valence-corrected chi connectivity index (χ0v) is 13.0. The molecule has 0 unspecified atom stereocenters. The molecule has 0 saturated carbocycles. The largest absolute Gasteiger partial charge is 0.339 e. The molecule has 0 aliphatic carbocycles. The first-order valence-electron chi connectivity index (χ1n) is 6.40. The van der Waals surface area contributed by atoms with E-state index in [2.05, 4.69) is 15.6 Å². The predicted molar refractivity (Wildman–Crippen MR) is 83.3 cm³/mol. The summed E-state index contributed by atoms with van der Waals surface area (Å²) < 4.78 is 0. The molecule has 1 aromatic heterocycles. The molecule has 2 heterocycles. The van der Waals surface area contributed by atoms with Crippen LogP contribution in [0.15, 0.2) is 22.5 Å². The van der Waals surface area contributed by atoms with E-state index in [1.54, 1.807) is 6.07 Å². The van der Waals surface area contributed by atoms with Gasteiger partial charge in [0.25, 0.3) is 5.91 Å². The smallest absolute Gasteiger partial charge is 0.262 e. The zero-order valence-electron chi connectivity index (χ0n) is 11.4. The summed E-state index contributed by atoms with van der Waals surface area (Å²) in [5.74, 6) is 0.475. The second-order valence-electron chi connectivity index (χ2n) is 4.70. The number of amides is 2. The minimum absolute atomic E-state index is 0.00548. The van der Waals surface area contributed by atoms with Crippen molar-refractivity contribution in [2.75, 3.05) is 12.3 Å². The van der Waals surface area contributed by atoms with Crippen LogP contribution in [0, 0.1) is 5.92 Å². The number of carbonyl (C=O) groups excluding carboxylic acids is 2. The van der Waals surface area contributed by atoms with Crippen molar-refractivity contribution in [3.63, 3.8) is 0 Å². The molecule has 2 rings (SSSR count). The maximum Gasteiger partial charge on any atom is 0.262 e. The van der Waals surface area contributed by atoms with Gasteiger partial charge in [0.15, 0.2) is 5.17 Å². The molecule has 0 saturated heterocycles. The molecule has 0 aromatic carbocycles. The Morgan fingerprint density at radius 3 is 2.75 bits per heavy atom. The van der Waals surface area contributed by atoms with Crippen molar-refractivity contribution < 1.29 is 9.59 Å². The highest BCUT2D eigenvalue weighted by atomic mass is 32.2. The van der Waals surface area contributed by atoms with Crippen LogP contribution in [0.3, 0.4) is 0 Å². The first kappa shape index (κ1) is 15.1. The molecule has 1 atom stereocenters. The van der Waals surface area contributed by atoms with Crippen molar-refractivity contribution in [3.05, 3.63) is 22.4 Å². The second kappa shape index (κ2) is 6.90. The molecule has 7 heteroatoms. The van der Waals surface area contributed by atoms with E-state index in [1.807, 2.05) is 25.3 Å². The summed E-state index contributed by atoms with van der Waals surface area (Å²) in [5.41, 5.74) is 0. The van der Waals surface area contributed by atoms with Gasteiger partial charge in [0.05, 0.1) is 11.4 Å². The first-order chi connectivity index (χ1) is 9.58. The molecule has 0 bridgehead atoms. The van der Waals surface area contributed by atoms with Crippen molar-refractivity contribution >= 4 is 40.1 Å². The Morgan fingerprint density at radius 2 is 2.20 bits per heavy atom. The molecule has 5 nitrogen and oxygen atoms in total. The Labute approximate surface area is 126 Å². The zero-order chi connectivity index (χ0) is 14.5. The second-order valence-corrected chi connectivity index (χ2v) is 6.73. The van der Waals surface area contributed by atoms with Crippen LogP contribution in [-0.2, 0) is 4.79 Å². The number of hydrogen-bond donors (Lipinski definition) is 2. The van der Waals surface area contributed by atoms with E-state index in [1.165, 1.54) is 23.1 Å². The molecule has 20 heavy (non-hydrogen) atoms. The summed E-state index contributed by atoms with van der Waals surface area (Å²) in [5, 5.41) is 8.04. The SMILES string of the molecule is CC(C)[C@@H](NC(=O)c1cccs1)C(=O)NC1=NCCS1. The average Bonchev–Trinajstić information content (AvgIpc) is 3.07. The maximum atomic E-state index is 12.2. The summed E-state index contributed by atoms with van der Waals surface area (Å²) in [6, 6.07) is 2.99. The molecule has 1 aliphatic heterocycles. The lowest BCUT2D eigenvalue weighted by Gasteiger charge is -2.21. The Morgan fingerprint density at radius 1 is 1.40 bits per heavy atom. The normalized spacial score (nSPS) is 15.8. The highest BCUT2D eigenvalue weighted by Gasteiger charge is 2.26. The Balaban J connectivity index is 1.99. The van der Waals surface area contributed by atoms with Crippen molar-refractivity contribution in [2.24, 2.45) is 10.9 Å². The number of nitrogens with zero attached hydrogens (tertiary/aromatic N) is 1. The number of hydrogen-bond acceptors (Lipinski definition) is 5. The fourth-order valence-electron chi connectivity index (χ4n) is 1.75. The van der Waals surface area contributed by atoms with E-state index in [4.69, 9.17) is 0 Å². The Hall–Kier alpha value is -1.34.